The van der Waals surface area contributed by atoms with E-state index in [-0.39, 0.29) is 5.56 Å². The summed E-state index contributed by atoms with van der Waals surface area (Å²) in [7, 11) is 0. The van der Waals surface area contributed by atoms with Crippen LogP contribution < -0.4 is 5.73 Å². The molecule has 2 nitrogen and oxygen atoms in total. The molecule has 0 amide bonds. The topological polar surface area (TPSA) is 46.2 Å². The maximum Gasteiger partial charge on any atom is 0.130 e. The third kappa shape index (κ3) is 2.40. The molecule has 0 saturated heterocycles. The largest absolute Gasteiger partial charge is 0.387 e. The summed E-state index contributed by atoms with van der Waals surface area (Å²) in [6, 6.07) is 3.61. The second kappa shape index (κ2) is 4.05. The first-order valence-electron chi connectivity index (χ1n) is 3.91. The van der Waals surface area contributed by atoms with E-state index < -0.39 is 18.0 Å². The molecule has 0 fully saturated rings. The van der Waals surface area contributed by atoms with Gasteiger partial charge in [0.2, 0.25) is 0 Å². The number of hydrogen-bond acceptors (Lipinski definition) is 2. The fourth-order valence-corrected chi connectivity index (χ4v) is 1.18. The van der Waals surface area contributed by atoms with Crippen LogP contribution in [0.3, 0.4) is 0 Å². The molecule has 0 radical (unpaired) electrons. The van der Waals surface area contributed by atoms with Crippen molar-refractivity contribution in [3.05, 3.63) is 34.6 Å². The molecule has 0 aromatic heterocycles. The van der Waals surface area contributed by atoms with Crippen LogP contribution in [0.25, 0.3) is 0 Å². The number of nitrogens with two attached hydrogens (primary N) is 1. The number of halogens is 2. The average molecular weight is 204 g/mol. The van der Waals surface area contributed by atoms with Gasteiger partial charge in [0.15, 0.2) is 0 Å². The van der Waals surface area contributed by atoms with Crippen LogP contribution in [0.5, 0.6) is 0 Å². The summed E-state index contributed by atoms with van der Waals surface area (Å²) in [4.78, 5) is 0. The lowest BCUT2D eigenvalue weighted by Gasteiger charge is -2.15. The molecule has 0 heterocycles. The third-order valence-electron chi connectivity index (χ3n) is 1.78. The Bertz CT molecular complexity index is 304. The Labute approximate surface area is 81.1 Å². The summed E-state index contributed by atoms with van der Waals surface area (Å²) in [5, 5.41) is 9.77. The van der Waals surface area contributed by atoms with E-state index in [1.807, 2.05) is 0 Å². The zero-order valence-corrected chi connectivity index (χ0v) is 7.92. The van der Waals surface area contributed by atoms with Crippen LogP contribution in [0.2, 0.25) is 5.02 Å². The van der Waals surface area contributed by atoms with Crippen LogP contribution >= 0.6 is 11.6 Å². The Kier molecular flexibility index (Phi) is 3.25. The maximum absolute atomic E-state index is 13.2. The van der Waals surface area contributed by atoms with Crippen LogP contribution in [0.1, 0.15) is 18.6 Å². The highest BCUT2D eigenvalue weighted by atomic mass is 35.5. The fraction of sp³-hybridized carbons (Fsp3) is 0.333. The van der Waals surface area contributed by atoms with Crippen LogP contribution in [-0.4, -0.2) is 11.1 Å². The van der Waals surface area contributed by atoms with Crippen molar-refractivity contribution in [1.82, 2.24) is 0 Å². The number of rotatable bonds is 2. The summed E-state index contributed by atoms with van der Waals surface area (Å²) in [5.74, 6) is -0.530. The lowest BCUT2D eigenvalue weighted by molar-refractivity contribution is 0.149. The van der Waals surface area contributed by atoms with E-state index >= 15 is 0 Å². The first kappa shape index (κ1) is 10.4. The Morgan fingerprint density at radius 2 is 2.15 bits per heavy atom. The van der Waals surface area contributed by atoms with Gasteiger partial charge >= 0.3 is 0 Å². The molecule has 0 unspecified atom stereocenters. The first-order valence-corrected chi connectivity index (χ1v) is 4.28. The van der Waals surface area contributed by atoms with Crippen molar-refractivity contribution in [3.8, 4) is 0 Å². The monoisotopic (exact) mass is 203 g/mol. The molecule has 0 spiro atoms. The molecule has 0 aliphatic heterocycles. The van der Waals surface area contributed by atoms with Crippen molar-refractivity contribution in [3.63, 3.8) is 0 Å². The molecule has 2 atom stereocenters. The molecule has 0 saturated carbocycles. The van der Waals surface area contributed by atoms with Gasteiger partial charge in [-0.1, -0.05) is 17.7 Å². The molecular formula is C9H11ClFNO. The Balaban J connectivity index is 3.01. The van der Waals surface area contributed by atoms with Crippen molar-refractivity contribution in [2.45, 2.75) is 19.1 Å². The van der Waals surface area contributed by atoms with Crippen molar-refractivity contribution in [1.29, 1.82) is 0 Å². The SMILES string of the molecule is C[C@H](N)[C@H](O)c1ccc(Cl)cc1F. The third-order valence-corrected chi connectivity index (χ3v) is 2.01. The molecule has 1 aromatic carbocycles. The Hall–Kier alpha value is -0.640. The molecular weight excluding hydrogens is 193 g/mol. The number of aliphatic hydroxyl groups is 1. The molecule has 0 aliphatic carbocycles. The Morgan fingerprint density at radius 1 is 1.54 bits per heavy atom. The Morgan fingerprint density at radius 3 is 2.62 bits per heavy atom. The molecule has 72 valence electrons. The van der Waals surface area contributed by atoms with Gasteiger partial charge in [0.25, 0.3) is 0 Å². The molecule has 0 bridgehead atoms. The summed E-state index contributed by atoms with van der Waals surface area (Å²) >= 11 is 5.55. The van der Waals surface area contributed by atoms with Gasteiger partial charge < -0.3 is 10.8 Å². The molecule has 1 aromatic rings. The highest BCUT2D eigenvalue weighted by molar-refractivity contribution is 6.30. The maximum atomic E-state index is 13.2. The second-order valence-corrected chi connectivity index (χ2v) is 3.41. The summed E-state index contributed by atoms with van der Waals surface area (Å²) in [6.45, 7) is 1.61. The zero-order chi connectivity index (χ0) is 10.0. The lowest BCUT2D eigenvalue weighted by atomic mass is 10.0. The normalized spacial score (nSPS) is 15.5. The summed E-state index contributed by atoms with van der Waals surface area (Å²) < 4.78 is 13.2. The van der Waals surface area contributed by atoms with Gasteiger partial charge in [-0.2, -0.15) is 0 Å². The van der Waals surface area contributed by atoms with Crippen LogP contribution in [0.4, 0.5) is 4.39 Å². The van der Waals surface area contributed by atoms with Crippen molar-refractivity contribution in [2.24, 2.45) is 5.73 Å². The molecule has 13 heavy (non-hydrogen) atoms. The minimum atomic E-state index is -0.989. The molecule has 1 rings (SSSR count). The van der Waals surface area contributed by atoms with E-state index in [2.05, 4.69) is 0 Å². The predicted molar refractivity (Wildman–Crippen MR) is 50.0 cm³/mol. The van der Waals surface area contributed by atoms with Crippen molar-refractivity contribution in [2.75, 3.05) is 0 Å². The van der Waals surface area contributed by atoms with Gasteiger partial charge in [0, 0.05) is 16.6 Å². The van der Waals surface area contributed by atoms with Crippen molar-refractivity contribution >= 4 is 11.6 Å². The second-order valence-electron chi connectivity index (χ2n) is 2.97. The van der Waals surface area contributed by atoms with E-state index in [9.17, 15) is 9.50 Å². The summed E-state index contributed by atoms with van der Waals surface area (Å²) in [6.07, 6.45) is -0.989. The van der Waals surface area contributed by atoms with Crippen LogP contribution in [0, 0.1) is 5.82 Å². The quantitative estimate of drug-likeness (QED) is 0.771. The molecule has 0 aliphatic rings. The van der Waals surface area contributed by atoms with Crippen molar-refractivity contribution < 1.29 is 9.50 Å². The smallest absolute Gasteiger partial charge is 0.130 e. The summed E-state index contributed by atoms with van der Waals surface area (Å²) in [5.41, 5.74) is 5.61. The number of aliphatic hydroxyl groups excluding tert-OH is 1. The van der Waals surface area contributed by atoms with Crippen LogP contribution in [-0.2, 0) is 0 Å². The minimum Gasteiger partial charge on any atom is -0.387 e. The van der Waals surface area contributed by atoms with Gasteiger partial charge in [0.1, 0.15) is 5.82 Å². The van der Waals surface area contributed by atoms with Gasteiger partial charge in [-0.25, -0.2) is 4.39 Å². The predicted octanol–water partition coefficient (Wildman–Crippen LogP) is 1.86. The first-order chi connectivity index (χ1) is 6.02. The highest BCUT2D eigenvalue weighted by Crippen LogP contribution is 2.22. The van der Waals surface area contributed by atoms with E-state index in [0.29, 0.717) is 5.02 Å². The van der Waals surface area contributed by atoms with E-state index in [4.69, 9.17) is 17.3 Å². The standard InChI is InChI=1S/C9H11ClFNO/c1-5(12)9(13)7-3-2-6(10)4-8(7)11/h2-5,9,13H,12H2,1H3/t5-,9-/m0/s1. The fourth-order valence-electron chi connectivity index (χ4n) is 1.02. The van der Waals surface area contributed by atoms with Crippen LogP contribution in [0.15, 0.2) is 18.2 Å². The molecule has 4 heteroatoms. The number of hydrogen-bond donors (Lipinski definition) is 2. The number of benzene rings is 1. The minimum absolute atomic E-state index is 0.180. The lowest BCUT2D eigenvalue weighted by Crippen LogP contribution is -2.25. The van der Waals surface area contributed by atoms with E-state index in [1.54, 1.807) is 6.92 Å². The molecule has 3 N–H and O–H groups in total. The average Bonchev–Trinajstić information content (AvgIpc) is 2.03. The van der Waals surface area contributed by atoms with Gasteiger partial charge in [-0.3, -0.25) is 0 Å². The van der Waals surface area contributed by atoms with E-state index in [0.717, 1.165) is 6.07 Å². The van der Waals surface area contributed by atoms with E-state index in [1.165, 1.54) is 12.1 Å². The highest BCUT2D eigenvalue weighted by Gasteiger charge is 2.16. The van der Waals surface area contributed by atoms with Gasteiger partial charge in [-0.05, 0) is 19.1 Å². The zero-order valence-electron chi connectivity index (χ0n) is 7.17. The van der Waals surface area contributed by atoms with Gasteiger partial charge in [0.05, 0.1) is 6.10 Å². The van der Waals surface area contributed by atoms with Gasteiger partial charge in [-0.15, -0.1) is 0 Å².